The maximum atomic E-state index is 12.5. The largest absolute Gasteiger partial charge is 0.505 e. The second-order valence-electron chi connectivity index (χ2n) is 9.64. The average Bonchev–Trinajstić information content (AvgIpc) is 3.17. The Labute approximate surface area is 183 Å². The van der Waals surface area contributed by atoms with Crippen LogP contribution in [-0.4, -0.2) is 32.0 Å². The molecule has 1 aliphatic rings. The molecule has 2 aromatic carbocycles. The molecule has 0 saturated heterocycles. The molecule has 1 fully saturated rings. The lowest BCUT2D eigenvalue weighted by molar-refractivity contribution is -0.121. The van der Waals surface area contributed by atoms with Crippen LogP contribution in [0.2, 0.25) is 0 Å². The molecule has 6 heteroatoms. The van der Waals surface area contributed by atoms with Crippen molar-refractivity contribution in [3.8, 4) is 11.4 Å². The molecule has 164 valence electrons. The highest BCUT2D eigenvalue weighted by molar-refractivity contribution is 5.76. The molecule has 1 aliphatic carbocycles. The Kier molecular flexibility index (Phi) is 5.99. The van der Waals surface area contributed by atoms with Crippen molar-refractivity contribution in [2.24, 2.45) is 0 Å². The molecule has 0 bridgehead atoms. The summed E-state index contributed by atoms with van der Waals surface area (Å²) in [6.45, 7) is 6.20. The molecule has 1 saturated carbocycles. The van der Waals surface area contributed by atoms with Gasteiger partial charge in [0.1, 0.15) is 22.5 Å². The van der Waals surface area contributed by atoms with Crippen LogP contribution in [0.15, 0.2) is 36.4 Å². The van der Waals surface area contributed by atoms with E-state index in [4.69, 9.17) is 0 Å². The number of nitrogens with zero attached hydrogens (tertiary/aromatic N) is 3. The number of aromatic nitrogens is 3. The van der Waals surface area contributed by atoms with E-state index in [9.17, 15) is 9.90 Å². The number of aromatic hydroxyl groups is 1. The van der Waals surface area contributed by atoms with Gasteiger partial charge in [-0.05, 0) is 48.4 Å². The van der Waals surface area contributed by atoms with Crippen molar-refractivity contribution in [1.29, 1.82) is 0 Å². The number of hydrogen-bond acceptors (Lipinski definition) is 4. The molecule has 0 atom stereocenters. The van der Waals surface area contributed by atoms with Gasteiger partial charge in [0.05, 0.1) is 0 Å². The SMILES string of the molecule is CC(C)(C)c1cc(CCC(=O)NC2CCCCC2)cc(-n2nc3ccccc3n2)c1O. The maximum absolute atomic E-state index is 12.5. The zero-order chi connectivity index (χ0) is 22.0. The first-order valence-corrected chi connectivity index (χ1v) is 11.3. The molecule has 1 heterocycles. The van der Waals surface area contributed by atoms with Crippen LogP contribution < -0.4 is 5.32 Å². The quantitative estimate of drug-likeness (QED) is 0.621. The summed E-state index contributed by atoms with van der Waals surface area (Å²) in [5.74, 6) is 0.282. The van der Waals surface area contributed by atoms with Crippen LogP contribution in [0.5, 0.6) is 5.75 Å². The van der Waals surface area contributed by atoms with Gasteiger partial charge < -0.3 is 10.4 Å². The van der Waals surface area contributed by atoms with Crippen molar-refractivity contribution in [3.63, 3.8) is 0 Å². The molecular weight excluding hydrogens is 388 g/mol. The Morgan fingerprint density at radius 3 is 2.35 bits per heavy atom. The molecule has 3 aromatic rings. The van der Waals surface area contributed by atoms with E-state index in [1.54, 1.807) is 0 Å². The first kappa shape index (κ1) is 21.3. The van der Waals surface area contributed by atoms with Gasteiger partial charge in [0.15, 0.2) is 0 Å². The fourth-order valence-electron chi connectivity index (χ4n) is 4.32. The molecule has 2 N–H and O–H groups in total. The number of amides is 1. The standard InChI is InChI=1S/C25H32N4O2/c1-25(2,3)19-15-17(13-14-23(30)26-18-9-5-4-6-10-18)16-22(24(19)31)29-27-20-11-7-8-12-21(20)28-29/h7-8,11-12,15-16,18,31H,4-6,9-10,13-14H2,1-3H3,(H,26,30). The molecule has 31 heavy (non-hydrogen) atoms. The van der Waals surface area contributed by atoms with Crippen molar-refractivity contribution in [1.82, 2.24) is 20.3 Å². The summed E-state index contributed by atoms with van der Waals surface area (Å²) in [5, 5.41) is 23.3. The van der Waals surface area contributed by atoms with Crippen LogP contribution in [0.4, 0.5) is 0 Å². The van der Waals surface area contributed by atoms with E-state index in [0.717, 1.165) is 35.0 Å². The Balaban J connectivity index is 1.60. The van der Waals surface area contributed by atoms with Gasteiger partial charge in [-0.2, -0.15) is 0 Å². The minimum atomic E-state index is -0.258. The van der Waals surface area contributed by atoms with E-state index in [-0.39, 0.29) is 17.1 Å². The predicted molar refractivity (Wildman–Crippen MR) is 123 cm³/mol. The predicted octanol–water partition coefficient (Wildman–Crippen LogP) is 4.81. The van der Waals surface area contributed by atoms with Gasteiger partial charge in [-0.15, -0.1) is 15.0 Å². The molecule has 0 radical (unpaired) electrons. The lowest BCUT2D eigenvalue weighted by Crippen LogP contribution is -2.36. The van der Waals surface area contributed by atoms with Crippen molar-refractivity contribution in [2.75, 3.05) is 0 Å². The number of aryl methyl sites for hydroxylation is 1. The highest BCUT2D eigenvalue weighted by atomic mass is 16.3. The molecule has 1 aromatic heterocycles. The Morgan fingerprint density at radius 1 is 1.10 bits per heavy atom. The van der Waals surface area contributed by atoms with E-state index in [2.05, 4.69) is 36.3 Å². The summed E-state index contributed by atoms with van der Waals surface area (Å²) < 4.78 is 0. The summed E-state index contributed by atoms with van der Waals surface area (Å²) in [4.78, 5) is 14.0. The summed E-state index contributed by atoms with van der Waals surface area (Å²) >= 11 is 0. The zero-order valence-corrected chi connectivity index (χ0v) is 18.7. The number of carbonyl (C=O) groups excluding carboxylic acids is 1. The Bertz CT molecular complexity index is 1040. The van der Waals surface area contributed by atoms with E-state index >= 15 is 0 Å². The minimum Gasteiger partial charge on any atom is -0.505 e. The summed E-state index contributed by atoms with van der Waals surface area (Å²) in [5.41, 5.74) is 3.66. The third kappa shape index (κ3) is 4.89. The molecule has 0 unspecified atom stereocenters. The Hall–Kier alpha value is -2.89. The third-order valence-electron chi connectivity index (χ3n) is 6.07. The van der Waals surface area contributed by atoms with E-state index in [1.165, 1.54) is 24.1 Å². The van der Waals surface area contributed by atoms with Crippen LogP contribution in [0.3, 0.4) is 0 Å². The molecule has 4 rings (SSSR count). The van der Waals surface area contributed by atoms with Crippen LogP contribution >= 0.6 is 0 Å². The van der Waals surface area contributed by atoms with E-state index in [0.29, 0.717) is 24.6 Å². The van der Waals surface area contributed by atoms with Crippen LogP contribution in [0, 0.1) is 0 Å². The Morgan fingerprint density at radius 2 is 1.74 bits per heavy atom. The van der Waals surface area contributed by atoms with Gasteiger partial charge in [0.2, 0.25) is 5.91 Å². The van der Waals surface area contributed by atoms with Crippen LogP contribution in [0.25, 0.3) is 16.7 Å². The van der Waals surface area contributed by atoms with Gasteiger partial charge in [-0.25, -0.2) is 0 Å². The van der Waals surface area contributed by atoms with Gasteiger partial charge in [0.25, 0.3) is 0 Å². The van der Waals surface area contributed by atoms with Crippen molar-refractivity contribution in [2.45, 2.75) is 77.2 Å². The monoisotopic (exact) mass is 420 g/mol. The fourth-order valence-corrected chi connectivity index (χ4v) is 4.32. The van der Waals surface area contributed by atoms with Crippen molar-refractivity contribution in [3.05, 3.63) is 47.5 Å². The van der Waals surface area contributed by atoms with Crippen LogP contribution in [-0.2, 0) is 16.6 Å². The number of rotatable bonds is 5. The van der Waals surface area contributed by atoms with Gasteiger partial charge in [0, 0.05) is 18.0 Å². The fraction of sp³-hybridized carbons (Fsp3) is 0.480. The third-order valence-corrected chi connectivity index (χ3v) is 6.07. The summed E-state index contributed by atoms with van der Waals surface area (Å²) in [6, 6.07) is 11.9. The van der Waals surface area contributed by atoms with Crippen LogP contribution in [0.1, 0.15) is 70.4 Å². The van der Waals surface area contributed by atoms with Crippen molar-refractivity contribution < 1.29 is 9.90 Å². The highest BCUT2D eigenvalue weighted by Crippen LogP contribution is 2.36. The lowest BCUT2D eigenvalue weighted by Gasteiger charge is -2.24. The first-order valence-electron chi connectivity index (χ1n) is 11.3. The maximum Gasteiger partial charge on any atom is 0.220 e. The van der Waals surface area contributed by atoms with Gasteiger partial charge in [-0.3, -0.25) is 4.79 Å². The smallest absolute Gasteiger partial charge is 0.220 e. The number of fused-ring (bicyclic) bond motifs is 1. The molecular formula is C25H32N4O2. The summed E-state index contributed by atoms with van der Waals surface area (Å²) in [7, 11) is 0. The number of benzene rings is 2. The second kappa shape index (κ2) is 8.69. The number of hydrogen-bond donors (Lipinski definition) is 2. The minimum absolute atomic E-state index is 0.0989. The highest BCUT2D eigenvalue weighted by Gasteiger charge is 2.23. The average molecular weight is 421 g/mol. The van der Waals surface area contributed by atoms with Gasteiger partial charge in [-0.1, -0.05) is 58.2 Å². The zero-order valence-electron chi connectivity index (χ0n) is 18.7. The van der Waals surface area contributed by atoms with Gasteiger partial charge >= 0.3 is 0 Å². The molecule has 0 aliphatic heterocycles. The number of nitrogens with one attached hydrogen (secondary N) is 1. The molecule has 6 nitrogen and oxygen atoms in total. The topological polar surface area (TPSA) is 80.0 Å². The normalized spacial score (nSPS) is 15.3. The lowest BCUT2D eigenvalue weighted by atomic mass is 9.84. The van der Waals surface area contributed by atoms with E-state index in [1.807, 2.05) is 36.4 Å². The first-order chi connectivity index (χ1) is 14.8. The number of carbonyl (C=O) groups is 1. The number of phenols is 1. The molecule has 0 spiro atoms. The number of phenolic OH excluding ortho intramolecular Hbond substituents is 1. The summed E-state index contributed by atoms with van der Waals surface area (Å²) in [6.07, 6.45) is 6.88. The second-order valence-corrected chi connectivity index (χ2v) is 9.64. The van der Waals surface area contributed by atoms with Crippen molar-refractivity contribution >= 4 is 16.9 Å². The van der Waals surface area contributed by atoms with E-state index < -0.39 is 0 Å². The molecule has 1 amide bonds.